The number of nitrogens with one attached hydrogen (secondary N) is 1. The first-order valence-electron chi connectivity index (χ1n) is 8.04. The molecule has 0 aliphatic rings. The van der Waals surface area contributed by atoms with E-state index in [2.05, 4.69) is 62.2 Å². The van der Waals surface area contributed by atoms with Crippen LogP contribution in [0.2, 0.25) is 0 Å². The fourth-order valence-electron chi connectivity index (χ4n) is 2.23. The molecule has 0 saturated heterocycles. The van der Waals surface area contributed by atoms with E-state index in [1.165, 1.54) is 11.1 Å². The van der Waals surface area contributed by atoms with Crippen LogP contribution >= 0.6 is 0 Å². The molecule has 1 rings (SSSR count). The monoisotopic (exact) mass is 292 g/mol. The van der Waals surface area contributed by atoms with Gasteiger partial charge in [-0.1, -0.05) is 38.1 Å². The molecule has 0 atom stereocenters. The Morgan fingerprint density at radius 3 is 2.19 bits per heavy atom. The van der Waals surface area contributed by atoms with Gasteiger partial charge in [0.25, 0.3) is 0 Å². The molecule has 0 amide bonds. The summed E-state index contributed by atoms with van der Waals surface area (Å²) in [6.45, 7) is 13.7. The standard InChI is InChI=1S/C18H32N2O/c1-15(2)12-19-13-17-6-8-18(9-7-17)14-20(16(3)4)10-11-21-5/h6-9,15-16,19H,10-14H2,1-5H3. The van der Waals surface area contributed by atoms with E-state index < -0.39 is 0 Å². The van der Waals surface area contributed by atoms with Crippen LogP contribution in [0.1, 0.15) is 38.8 Å². The third-order valence-electron chi connectivity index (χ3n) is 3.60. The molecule has 0 spiro atoms. The van der Waals surface area contributed by atoms with Crippen molar-refractivity contribution in [1.82, 2.24) is 10.2 Å². The number of methoxy groups -OCH3 is 1. The van der Waals surface area contributed by atoms with Gasteiger partial charge in [-0.05, 0) is 37.4 Å². The molecule has 21 heavy (non-hydrogen) atoms. The van der Waals surface area contributed by atoms with Crippen molar-refractivity contribution in [3.8, 4) is 0 Å². The second kappa shape index (κ2) is 9.93. The van der Waals surface area contributed by atoms with Crippen LogP contribution in [0.15, 0.2) is 24.3 Å². The topological polar surface area (TPSA) is 24.5 Å². The molecule has 0 heterocycles. The number of hydrogen-bond acceptors (Lipinski definition) is 3. The number of ether oxygens (including phenoxy) is 1. The fraction of sp³-hybridized carbons (Fsp3) is 0.667. The van der Waals surface area contributed by atoms with E-state index in [0.717, 1.165) is 32.8 Å². The summed E-state index contributed by atoms with van der Waals surface area (Å²) in [5, 5.41) is 3.48. The highest BCUT2D eigenvalue weighted by atomic mass is 16.5. The van der Waals surface area contributed by atoms with Crippen molar-refractivity contribution < 1.29 is 4.74 Å². The summed E-state index contributed by atoms with van der Waals surface area (Å²) in [5.41, 5.74) is 2.72. The molecule has 1 aromatic rings. The van der Waals surface area contributed by atoms with E-state index in [1.807, 2.05) is 0 Å². The number of hydrogen-bond donors (Lipinski definition) is 1. The molecule has 1 N–H and O–H groups in total. The minimum atomic E-state index is 0.535. The quantitative estimate of drug-likeness (QED) is 0.716. The average Bonchev–Trinajstić information content (AvgIpc) is 2.44. The van der Waals surface area contributed by atoms with Gasteiger partial charge in [-0.15, -0.1) is 0 Å². The molecule has 0 fully saturated rings. The predicted molar refractivity (Wildman–Crippen MR) is 90.4 cm³/mol. The second-order valence-corrected chi connectivity index (χ2v) is 6.40. The van der Waals surface area contributed by atoms with Gasteiger partial charge in [0.05, 0.1) is 6.61 Å². The Morgan fingerprint density at radius 1 is 1.05 bits per heavy atom. The largest absolute Gasteiger partial charge is 0.383 e. The van der Waals surface area contributed by atoms with Gasteiger partial charge in [0.1, 0.15) is 0 Å². The summed E-state index contributed by atoms with van der Waals surface area (Å²) < 4.78 is 5.19. The third-order valence-corrected chi connectivity index (χ3v) is 3.60. The van der Waals surface area contributed by atoms with Crippen LogP contribution < -0.4 is 5.32 Å². The van der Waals surface area contributed by atoms with E-state index in [4.69, 9.17) is 4.74 Å². The van der Waals surface area contributed by atoms with Gasteiger partial charge in [-0.2, -0.15) is 0 Å². The summed E-state index contributed by atoms with van der Waals surface area (Å²) >= 11 is 0. The van der Waals surface area contributed by atoms with Crippen molar-refractivity contribution in [2.75, 3.05) is 26.8 Å². The lowest BCUT2D eigenvalue weighted by atomic mass is 10.1. The Labute approximate surface area is 130 Å². The smallest absolute Gasteiger partial charge is 0.0589 e. The minimum absolute atomic E-state index is 0.535. The van der Waals surface area contributed by atoms with E-state index in [1.54, 1.807) is 7.11 Å². The second-order valence-electron chi connectivity index (χ2n) is 6.40. The molecule has 3 heteroatoms. The number of benzene rings is 1. The lowest BCUT2D eigenvalue weighted by Gasteiger charge is -2.26. The Morgan fingerprint density at radius 2 is 1.67 bits per heavy atom. The zero-order valence-corrected chi connectivity index (χ0v) is 14.4. The summed E-state index contributed by atoms with van der Waals surface area (Å²) in [6, 6.07) is 9.49. The molecule has 0 unspecified atom stereocenters. The van der Waals surface area contributed by atoms with Crippen molar-refractivity contribution in [2.45, 2.75) is 46.8 Å². The lowest BCUT2D eigenvalue weighted by Crippen LogP contribution is -2.33. The fourth-order valence-corrected chi connectivity index (χ4v) is 2.23. The van der Waals surface area contributed by atoms with Crippen LogP contribution in [0.4, 0.5) is 0 Å². The zero-order chi connectivity index (χ0) is 15.7. The van der Waals surface area contributed by atoms with Crippen LogP contribution in [-0.2, 0) is 17.8 Å². The molecule has 0 aromatic heterocycles. The van der Waals surface area contributed by atoms with Gasteiger partial charge in [0.15, 0.2) is 0 Å². The molecule has 0 aliphatic carbocycles. The molecule has 120 valence electrons. The highest BCUT2D eigenvalue weighted by Gasteiger charge is 2.09. The summed E-state index contributed by atoms with van der Waals surface area (Å²) in [7, 11) is 1.76. The van der Waals surface area contributed by atoms with Gasteiger partial charge in [-0.25, -0.2) is 0 Å². The van der Waals surface area contributed by atoms with E-state index in [-0.39, 0.29) is 0 Å². The van der Waals surface area contributed by atoms with Gasteiger partial charge in [0.2, 0.25) is 0 Å². The van der Waals surface area contributed by atoms with Crippen LogP contribution in [0, 0.1) is 5.92 Å². The van der Waals surface area contributed by atoms with Crippen LogP contribution in [0.5, 0.6) is 0 Å². The van der Waals surface area contributed by atoms with Crippen molar-refractivity contribution in [1.29, 1.82) is 0 Å². The Bertz CT molecular complexity index is 373. The van der Waals surface area contributed by atoms with Crippen LogP contribution in [0.3, 0.4) is 0 Å². The van der Waals surface area contributed by atoms with Gasteiger partial charge < -0.3 is 10.1 Å². The lowest BCUT2D eigenvalue weighted by molar-refractivity contribution is 0.125. The van der Waals surface area contributed by atoms with Crippen LogP contribution in [-0.4, -0.2) is 37.7 Å². The first-order chi connectivity index (χ1) is 10.0. The molecular weight excluding hydrogens is 260 g/mol. The SMILES string of the molecule is COCCN(Cc1ccc(CNCC(C)C)cc1)C(C)C. The first-order valence-corrected chi connectivity index (χ1v) is 8.04. The highest BCUT2D eigenvalue weighted by molar-refractivity contribution is 5.22. The molecule has 0 saturated carbocycles. The molecule has 0 aliphatic heterocycles. The third kappa shape index (κ3) is 7.60. The Kier molecular flexibility index (Phi) is 8.58. The maximum atomic E-state index is 5.19. The molecule has 0 radical (unpaired) electrons. The van der Waals surface area contributed by atoms with Gasteiger partial charge in [0, 0.05) is 32.8 Å². The maximum absolute atomic E-state index is 5.19. The predicted octanol–water partition coefficient (Wildman–Crippen LogP) is 3.29. The first kappa shape index (κ1) is 18.1. The van der Waals surface area contributed by atoms with Crippen molar-refractivity contribution in [2.24, 2.45) is 5.92 Å². The van der Waals surface area contributed by atoms with E-state index in [0.29, 0.717) is 12.0 Å². The van der Waals surface area contributed by atoms with Crippen molar-refractivity contribution >= 4 is 0 Å². The molecule has 1 aromatic carbocycles. The van der Waals surface area contributed by atoms with Crippen LogP contribution in [0.25, 0.3) is 0 Å². The maximum Gasteiger partial charge on any atom is 0.0589 e. The summed E-state index contributed by atoms with van der Waals surface area (Å²) in [6.07, 6.45) is 0. The Balaban J connectivity index is 2.48. The van der Waals surface area contributed by atoms with Gasteiger partial charge in [-0.3, -0.25) is 4.90 Å². The Hall–Kier alpha value is -0.900. The highest BCUT2D eigenvalue weighted by Crippen LogP contribution is 2.10. The molecular formula is C18H32N2O. The normalized spacial score (nSPS) is 11.8. The zero-order valence-electron chi connectivity index (χ0n) is 14.4. The molecule has 3 nitrogen and oxygen atoms in total. The minimum Gasteiger partial charge on any atom is -0.383 e. The van der Waals surface area contributed by atoms with E-state index >= 15 is 0 Å². The van der Waals surface area contributed by atoms with Crippen molar-refractivity contribution in [3.05, 3.63) is 35.4 Å². The van der Waals surface area contributed by atoms with Crippen molar-refractivity contribution in [3.63, 3.8) is 0 Å². The average molecular weight is 292 g/mol. The molecule has 0 bridgehead atoms. The number of rotatable bonds is 10. The van der Waals surface area contributed by atoms with E-state index in [9.17, 15) is 0 Å². The summed E-state index contributed by atoms with van der Waals surface area (Å²) in [4.78, 5) is 2.44. The summed E-state index contributed by atoms with van der Waals surface area (Å²) in [5.74, 6) is 0.699. The number of nitrogens with zero attached hydrogens (tertiary/aromatic N) is 1. The van der Waals surface area contributed by atoms with Gasteiger partial charge >= 0.3 is 0 Å².